The first kappa shape index (κ1) is 24.9. The summed E-state index contributed by atoms with van der Waals surface area (Å²) >= 11 is 0. The van der Waals surface area contributed by atoms with Crippen LogP contribution in [-0.4, -0.2) is 49.4 Å². The molecule has 0 bridgehead atoms. The Kier molecular flexibility index (Phi) is 6.45. The van der Waals surface area contributed by atoms with Gasteiger partial charge in [-0.1, -0.05) is 32.9 Å². The average molecular weight is 498 g/mol. The summed E-state index contributed by atoms with van der Waals surface area (Å²) in [5, 5.41) is 3.83. The standard InChI is InChI=1S/C29H35N7O/c1-7-14-35-27(37)24-18-31-28(32-21-10-8-19-9-11-22(34(5)6)16-20(19)15-21)33-26(24)36(35)23-12-13-30-25(17-23)29(2,3)4/h7-8,10,12-13,15,17-18,22H,1,9,11,14,16H2,2-6H3,(H,31,32,33). The van der Waals surface area contributed by atoms with Crippen molar-refractivity contribution in [2.24, 2.45) is 0 Å². The molecule has 1 aliphatic rings. The van der Waals surface area contributed by atoms with Crippen molar-refractivity contribution in [3.63, 3.8) is 0 Å². The third-order valence-corrected chi connectivity index (χ3v) is 7.13. The number of aryl methyl sites for hydroxylation is 1. The second-order valence-electron chi connectivity index (χ2n) is 11.0. The van der Waals surface area contributed by atoms with Gasteiger partial charge in [-0.25, -0.2) is 14.3 Å². The molecule has 0 aliphatic heterocycles. The van der Waals surface area contributed by atoms with Gasteiger partial charge in [0.1, 0.15) is 5.39 Å². The molecule has 0 radical (unpaired) electrons. The maximum atomic E-state index is 13.3. The van der Waals surface area contributed by atoms with E-state index < -0.39 is 0 Å². The largest absolute Gasteiger partial charge is 0.324 e. The molecular weight excluding hydrogens is 462 g/mol. The summed E-state index contributed by atoms with van der Waals surface area (Å²) in [6.07, 6.45) is 8.39. The summed E-state index contributed by atoms with van der Waals surface area (Å²) in [4.78, 5) is 29.4. The number of hydrogen-bond donors (Lipinski definition) is 1. The number of rotatable bonds is 6. The number of nitrogens with one attached hydrogen (secondary N) is 1. The van der Waals surface area contributed by atoms with Crippen LogP contribution >= 0.6 is 0 Å². The Labute approximate surface area is 217 Å². The number of fused-ring (bicyclic) bond motifs is 2. The second kappa shape index (κ2) is 9.59. The number of anilines is 2. The Balaban J connectivity index is 1.57. The van der Waals surface area contributed by atoms with Gasteiger partial charge in [0, 0.05) is 35.2 Å². The Bertz CT molecular complexity index is 1520. The summed E-state index contributed by atoms with van der Waals surface area (Å²) < 4.78 is 3.48. The van der Waals surface area contributed by atoms with Crippen LogP contribution in [-0.2, 0) is 24.8 Å². The summed E-state index contributed by atoms with van der Waals surface area (Å²) in [6, 6.07) is 10.9. The van der Waals surface area contributed by atoms with Crippen LogP contribution in [0.25, 0.3) is 16.7 Å². The van der Waals surface area contributed by atoms with Crippen molar-refractivity contribution < 1.29 is 0 Å². The molecule has 0 saturated heterocycles. The fourth-order valence-corrected chi connectivity index (χ4v) is 4.98. The minimum Gasteiger partial charge on any atom is -0.324 e. The summed E-state index contributed by atoms with van der Waals surface area (Å²) in [5.74, 6) is 0.446. The molecule has 8 nitrogen and oxygen atoms in total. The Morgan fingerprint density at radius 2 is 1.97 bits per heavy atom. The van der Waals surface area contributed by atoms with E-state index in [0.29, 0.717) is 29.6 Å². The molecule has 1 N–H and O–H groups in total. The first-order valence-corrected chi connectivity index (χ1v) is 12.8. The fraction of sp³-hybridized carbons (Fsp3) is 0.379. The van der Waals surface area contributed by atoms with Crippen LogP contribution in [0.1, 0.15) is 44.0 Å². The van der Waals surface area contributed by atoms with Gasteiger partial charge < -0.3 is 10.2 Å². The Morgan fingerprint density at radius 3 is 2.70 bits per heavy atom. The smallest absolute Gasteiger partial charge is 0.278 e. The number of benzene rings is 1. The molecule has 1 atom stereocenters. The highest BCUT2D eigenvalue weighted by atomic mass is 16.1. The van der Waals surface area contributed by atoms with E-state index in [9.17, 15) is 4.79 Å². The molecule has 5 rings (SSSR count). The first-order chi connectivity index (χ1) is 17.7. The predicted octanol–water partition coefficient (Wildman–Crippen LogP) is 4.62. The van der Waals surface area contributed by atoms with Crippen LogP contribution < -0.4 is 10.9 Å². The van der Waals surface area contributed by atoms with E-state index in [0.717, 1.165) is 29.9 Å². The van der Waals surface area contributed by atoms with Crippen molar-refractivity contribution in [1.82, 2.24) is 29.2 Å². The maximum absolute atomic E-state index is 13.3. The number of likely N-dealkylation sites (N-methyl/N-ethyl adjacent to an activating group) is 1. The molecule has 0 saturated carbocycles. The van der Waals surface area contributed by atoms with E-state index in [2.05, 4.69) is 79.8 Å². The van der Waals surface area contributed by atoms with Crippen molar-refractivity contribution >= 4 is 22.7 Å². The van der Waals surface area contributed by atoms with Gasteiger partial charge in [0.25, 0.3) is 5.56 Å². The van der Waals surface area contributed by atoms with Gasteiger partial charge >= 0.3 is 0 Å². The van der Waals surface area contributed by atoms with Gasteiger partial charge in [0.05, 0.1) is 12.2 Å². The van der Waals surface area contributed by atoms with Gasteiger partial charge in [0.15, 0.2) is 5.65 Å². The molecule has 4 aromatic rings. The average Bonchev–Trinajstić information content (AvgIpc) is 3.14. The van der Waals surface area contributed by atoms with Crippen molar-refractivity contribution in [3.05, 3.63) is 82.6 Å². The monoisotopic (exact) mass is 497 g/mol. The topological polar surface area (TPSA) is 80.9 Å². The van der Waals surface area contributed by atoms with Gasteiger partial charge in [-0.2, -0.15) is 4.98 Å². The van der Waals surface area contributed by atoms with Gasteiger partial charge in [-0.3, -0.25) is 9.78 Å². The molecule has 0 spiro atoms. The molecule has 0 fully saturated rings. The molecular formula is C29H35N7O. The number of hydrogen-bond acceptors (Lipinski definition) is 6. The van der Waals surface area contributed by atoms with Crippen LogP contribution in [0.3, 0.4) is 0 Å². The number of pyridine rings is 1. The lowest BCUT2D eigenvalue weighted by Gasteiger charge is -2.30. The van der Waals surface area contributed by atoms with Crippen molar-refractivity contribution in [2.45, 2.75) is 58.0 Å². The van der Waals surface area contributed by atoms with Gasteiger partial charge in [0.2, 0.25) is 5.95 Å². The van der Waals surface area contributed by atoms with Crippen LogP contribution in [0.5, 0.6) is 0 Å². The van der Waals surface area contributed by atoms with E-state index >= 15 is 0 Å². The number of allylic oxidation sites excluding steroid dienone is 1. The molecule has 3 heterocycles. The fourth-order valence-electron chi connectivity index (χ4n) is 4.98. The normalized spacial score (nSPS) is 15.7. The van der Waals surface area contributed by atoms with Crippen LogP contribution in [0, 0.1) is 0 Å². The highest BCUT2D eigenvalue weighted by Crippen LogP contribution is 2.28. The molecule has 3 aromatic heterocycles. The third kappa shape index (κ3) is 4.81. The highest BCUT2D eigenvalue weighted by molar-refractivity contribution is 5.77. The number of aromatic nitrogens is 5. The minimum absolute atomic E-state index is 0.137. The summed E-state index contributed by atoms with van der Waals surface area (Å²) in [7, 11) is 4.29. The molecule has 1 unspecified atom stereocenters. The third-order valence-electron chi connectivity index (χ3n) is 7.13. The van der Waals surface area contributed by atoms with E-state index in [4.69, 9.17) is 4.98 Å². The van der Waals surface area contributed by atoms with Gasteiger partial charge in [-0.15, -0.1) is 6.58 Å². The highest BCUT2D eigenvalue weighted by Gasteiger charge is 2.22. The zero-order valence-electron chi connectivity index (χ0n) is 22.3. The zero-order chi connectivity index (χ0) is 26.3. The molecule has 0 amide bonds. The lowest BCUT2D eigenvalue weighted by molar-refractivity contribution is 0.268. The molecule has 37 heavy (non-hydrogen) atoms. The first-order valence-electron chi connectivity index (χ1n) is 12.8. The van der Waals surface area contributed by atoms with Crippen molar-refractivity contribution in [1.29, 1.82) is 0 Å². The number of nitrogens with zero attached hydrogens (tertiary/aromatic N) is 6. The summed E-state index contributed by atoms with van der Waals surface area (Å²) in [6.45, 7) is 10.6. The quantitative estimate of drug-likeness (QED) is 0.392. The van der Waals surface area contributed by atoms with E-state index in [1.165, 1.54) is 17.5 Å². The molecule has 1 aliphatic carbocycles. The van der Waals surface area contributed by atoms with Crippen molar-refractivity contribution in [3.8, 4) is 5.69 Å². The maximum Gasteiger partial charge on any atom is 0.278 e. The minimum atomic E-state index is -0.154. The van der Waals surface area contributed by atoms with E-state index in [1.807, 2.05) is 16.8 Å². The lowest BCUT2D eigenvalue weighted by Crippen LogP contribution is -2.33. The predicted molar refractivity (Wildman–Crippen MR) is 149 cm³/mol. The SMILES string of the molecule is C=CCn1c(=O)c2cnc(Nc3ccc4c(c3)CC(N(C)C)CC4)nc2n1-c1ccnc(C(C)(C)C)c1. The second-order valence-corrected chi connectivity index (χ2v) is 11.0. The van der Waals surface area contributed by atoms with E-state index in [1.54, 1.807) is 23.2 Å². The van der Waals surface area contributed by atoms with Crippen molar-refractivity contribution in [2.75, 3.05) is 19.4 Å². The molecule has 192 valence electrons. The molecule has 8 heteroatoms. The zero-order valence-corrected chi connectivity index (χ0v) is 22.3. The van der Waals surface area contributed by atoms with Gasteiger partial charge in [-0.05, 0) is 68.8 Å². The van der Waals surface area contributed by atoms with E-state index in [-0.39, 0.29) is 11.0 Å². The summed E-state index contributed by atoms with van der Waals surface area (Å²) in [5.41, 5.74) is 5.71. The Morgan fingerprint density at radius 1 is 1.16 bits per heavy atom. The van der Waals surface area contributed by atoms with Crippen LogP contribution in [0.2, 0.25) is 0 Å². The van der Waals surface area contributed by atoms with Crippen LogP contribution in [0.15, 0.2) is 60.2 Å². The van der Waals surface area contributed by atoms with Crippen LogP contribution in [0.4, 0.5) is 11.6 Å². The molecule has 1 aromatic carbocycles. The Hall–Kier alpha value is -3.78. The lowest BCUT2D eigenvalue weighted by atomic mass is 9.87.